The molecular formula is C15H17ClN4O2. The van der Waals surface area contributed by atoms with Gasteiger partial charge in [0.1, 0.15) is 11.6 Å². The minimum atomic E-state index is 0.203. The van der Waals surface area contributed by atoms with Crippen molar-refractivity contribution in [1.29, 1.82) is 0 Å². The van der Waals surface area contributed by atoms with Crippen LogP contribution in [0, 0.1) is 0 Å². The number of methoxy groups -OCH3 is 1. The van der Waals surface area contributed by atoms with E-state index < -0.39 is 0 Å². The Morgan fingerprint density at radius 2 is 2.09 bits per heavy atom. The van der Waals surface area contributed by atoms with Crippen LogP contribution in [0.1, 0.15) is 0 Å². The highest BCUT2D eigenvalue weighted by Crippen LogP contribution is 2.32. The summed E-state index contributed by atoms with van der Waals surface area (Å²) in [5, 5.41) is 3.39. The smallest absolute Gasteiger partial charge is 0.224 e. The van der Waals surface area contributed by atoms with E-state index in [1.807, 2.05) is 12.1 Å². The zero-order valence-electron chi connectivity index (χ0n) is 12.3. The molecule has 0 spiro atoms. The highest BCUT2D eigenvalue weighted by Gasteiger charge is 2.14. The molecule has 2 heterocycles. The van der Waals surface area contributed by atoms with Crippen molar-refractivity contribution in [2.45, 2.75) is 0 Å². The van der Waals surface area contributed by atoms with Crippen molar-refractivity contribution in [3.8, 4) is 5.75 Å². The summed E-state index contributed by atoms with van der Waals surface area (Å²) in [4.78, 5) is 10.3. The maximum Gasteiger partial charge on any atom is 0.224 e. The molecule has 1 fully saturated rings. The van der Waals surface area contributed by atoms with Gasteiger partial charge in [-0.3, -0.25) is 0 Å². The zero-order chi connectivity index (χ0) is 15.4. The molecule has 3 rings (SSSR count). The Balaban J connectivity index is 1.82. The molecular weight excluding hydrogens is 304 g/mol. The van der Waals surface area contributed by atoms with E-state index in [0.29, 0.717) is 5.82 Å². The van der Waals surface area contributed by atoms with Crippen molar-refractivity contribution in [3.63, 3.8) is 0 Å². The number of anilines is 3. The maximum atomic E-state index is 5.80. The molecule has 0 unspecified atom stereocenters. The molecule has 1 aliphatic rings. The number of hydrogen-bond donors (Lipinski definition) is 1. The van der Waals surface area contributed by atoms with E-state index in [9.17, 15) is 0 Å². The molecule has 1 saturated heterocycles. The lowest BCUT2D eigenvalue weighted by molar-refractivity contribution is 0.122. The van der Waals surface area contributed by atoms with Gasteiger partial charge in [0.2, 0.25) is 5.28 Å². The number of rotatable bonds is 4. The van der Waals surface area contributed by atoms with Crippen molar-refractivity contribution in [3.05, 3.63) is 35.7 Å². The summed E-state index contributed by atoms with van der Waals surface area (Å²) in [5.41, 5.74) is 1.95. The molecule has 1 aliphatic heterocycles. The Morgan fingerprint density at radius 3 is 2.82 bits per heavy atom. The average Bonchev–Trinajstić information content (AvgIpc) is 2.56. The van der Waals surface area contributed by atoms with Crippen LogP contribution in [-0.2, 0) is 4.74 Å². The normalized spacial score (nSPS) is 14.7. The third-order valence-corrected chi connectivity index (χ3v) is 3.63. The van der Waals surface area contributed by atoms with E-state index in [0.717, 1.165) is 43.4 Å². The number of aromatic nitrogens is 2. The van der Waals surface area contributed by atoms with E-state index in [-0.39, 0.29) is 5.28 Å². The lowest BCUT2D eigenvalue weighted by atomic mass is 10.2. The topological polar surface area (TPSA) is 59.5 Å². The lowest BCUT2D eigenvalue weighted by Crippen LogP contribution is -2.36. The van der Waals surface area contributed by atoms with Gasteiger partial charge >= 0.3 is 0 Å². The van der Waals surface area contributed by atoms with Crippen molar-refractivity contribution in [1.82, 2.24) is 9.97 Å². The zero-order valence-corrected chi connectivity index (χ0v) is 13.0. The Kier molecular flexibility index (Phi) is 4.60. The van der Waals surface area contributed by atoms with Gasteiger partial charge in [-0.1, -0.05) is 0 Å². The summed E-state index contributed by atoms with van der Waals surface area (Å²) < 4.78 is 10.9. The van der Waals surface area contributed by atoms with Crippen LogP contribution in [0.25, 0.3) is 0 Å². The molecule has 7 heteroatoms. The second kappa shape index (κ2) is 6.81. The Bertz CT molecular complexity index is 647. The monoisotopic (exact) mass is 320 g/mol. The minimum Gasteiger partial charge on any atom is -0.494 e. The molecule has 0 atom stereocenters. The first kappa shape index (κ1) is 14.9. The molecule has 1 aromatic heterocycles. The molecule has 1 N–H and O–H groups in total. The van der Waals surface area contributed by atoms with Crippen molar-refractivity contribution in [2.24, 2.45) is 0 Å². The fraction of sp³-hybridized carbons (Fsp3) is 0.333. The van der Waals surface area contributed by atoms with Crippen LogP contribution in [0.2, 0.25) is 5.28 Å². The fourth-order valence-electron chi connectivity index (χ4n) is 2.34. The van der Waals surface area contributed by atoms with Gasteiger partial charge in [0.15, 0.2) is 0 Å². The van der Waals surface area contributed by atoms with E-state index in [1.165, 1.54) is 0 Å². The number of ether oxygens (including phenoxy) is 2. The van der Waals surface area contributed by atoms with Gasteiger partial charge in [0, 0.05) is 31.0 Å². The van der Waals surface area contributed by atoms with Gasteiger partial charge in [0.05, 0.1) is 26.0 Å². The molecule has 0 aliphatic carbocycles. The first-order valence-electron chi connectivity index (χ1n) is 7.02. The number of nitrogens with zero attached hydrogens (tertiary/aromatic N) is 3. The molecule has 22 heavy (non-hydrogen) atoms. The largest absolute Gasteiger partial charge is 0.494 e. The van der Waals surface area contributed by atoms with Gasteiger partial charge in [0.25, 0.3) is 0 Å². The van der Waals surface area contributed by atoms with E-state index in [2.05, 4.69) is 26.3 Å². The Hall–Kier alpha value is -2.05. The number of nitrogens with one attached hydrogen (secondary N) is 1. The number of benzene rings is 1. The standard InChI is InChI=1S/C15H17ClN4O2/c1-21-13-10-11(20-6-8-22-9-7-20)2-3-12(13)18-14-4-5-17-15(16)19-14/h2-5,10H,6-9H2,1H3,(H,17,18,19). The first-order valence-corrected chi connectivity index (χ1v) is 7.40. The van der Waals surface area contributed by atoms with E-state index in [1.54, 1.807) is 19.4 Å². The van der Waals surface area contributed by atoms with Crippen LogP contribution in [0.15, 0.2) is 30.5 Å². The Morgan fingerprint density at radius 1 is 1.27 bits per heavy atom. The highest BCUT2D eigenvalue weighted by atomic mass is 35.5. The molecule has 2 aromatic rings. The van der Waals surface area contributed by atoms with Gasteiger partial charge in [-0.25, -0.2) is 9.97 Å². The van der Waals surface area contributed by atoms with Crippen LogP contribution in [0.5, 0.6) is 5.75 Å². The third kappa shape index (κ3) is 3.40. The minimum absolute atomic E-state index is 0.203. The molecule has 0 radical (unpaired) electrons. The molecule has 0 amide bonds. The van der Waals surface area contributed by atoms with Crippen LogP contribution in [0.3, 0.4) is 0 Å². The summed E-state index contributed by atoms with van der Waals surface area (Å²) in [7, 11) is 1.65. The highest BCUT2D eigenvalue weighted by molar-refractivity contribution is 6.28. The summed E-state index contributed by atoms with van der Waals surface area (Å²) in [6, 6.07) is 7.79. The van der Waals surface area contributed by atoms with E-state index in [4.69, 9.17) is 21.1 Å². The van der Waals surface area contributed by atoms with Gasteiger partial charge < -0.3 is 19.7 Å². The SMILES string of the molecule is COc1cc(N2CCOCC2)ccc1Nc1ccnc(Cl)n1. The summed E-state index contributed by atoms with van der Waals surface area (Å²) in [6.45, 7) is 3.28. The van der Waals surface area contributed by atoms with Gasteiger partial charge in [-0.15, -0.1) is 0 Å². The van der Waals surface area contributed by atoms with Gasteiger partial charge in [-0.05, 0) is 29.8 Å². The lowest BCUT2D eigenvalue weighted by Gasteiger charge is -2.29. The van der Waals surface area contributed by atoms with Crippen LogP contribution in [-0.4, -0.2) is 43.4 Å². The second-order valence-corrected chi connectivity index (χ2v) is 5.16. The molecule has 6 nitrogen and oxygen atoms in total. The van der Waals surface area contributed by atoms with Crippen LogP contribution < -0.4 is 15.0 Å². The summed E-state index contributed by atoms with van der Waals surface area (Å²) in [5.74, 6) is 1.37. The summed E-state index contributed by atoms with van der Waals surface area (Å²) in [6.07, 6.45) is 1.60. The fourth-order valence-corrected chi connectivity index (χ4v) is 2.49. The van der Waals surface area contributed by atoms with Gasteiger partial charge in [-0.2, -0.15) is 0 Å². The summed E-state index contributed by atoms with van der Waals surface area (Å²) >= 11 is 5.80. The van der Waals surface area contributed by atoms with Crippen molar-refractivity contribution in [2.75, 3.05) is 43.6 Å². The maximum absolute atomic E-state index is 5.80. The van der Waals surface area contributed by atoms with Crippen LogP contribution >= 0.6 is 11.6 Å². The first-order chi connectivity index (χ1) is 10.8. The van der Waals surface area contributed by atoms with E-state index >= 15 is 0 Å². The molecule has 1 aromatic carbocycles. The molecule has 0 saturated carbocycles. The van der Waals surface area contributed by atoms with Crippen LogP contribution in [0.4, 0.5) is 17.2 Å². The van der Waals surface area contributed by atoms with Crippen molar-refractivity contribution >= 4 is 28.8 Å². The molecule has 116 valence electrons. The number of hydrogen-bond acceptors (Lipinski definition) is 6. The average molecular weight is 321 g/mol. The quantitative estimate of drug-likeness (QED) is 0.874. The third-order valence-electron chi connectivity index (χ3n) is 3.45. The predicted molar refractivity (Wildman–Crippen MR) is 86.4 cm³/mol. The number of morpholine rings is 1. The number of halogens is 1. The predicted octanol–water partition coefficient (Wildman–Crippen LogP) is 2.72. The molecule has 0 bridgehead atoms. The Labute approximate surface area is 134 Å². The van der Waals surface area contributed by atoms with Crippen molar-refractivity contribution < 1.29 is 9.47 Å². The second-order valence-electron chi connectivity index (χ2n) is 4.82.